The molecule has 0 bridgehead atoms. The minimum absolute atomic E-state index is 0.0239. The van der Waals surface area contributed by atoms with Crippen LogP contribution in [0.5, 0.6) is 0 Å². The molecule has 0 saturated heterocycles. The zero-order valence-corrected chi connectivity index (χ0v) is 6.91. The minimum Gasteiger partial charge on any atom is -0.481 e. The van der Waals surface area contributed by atoms with Gasteiger partial charge >= 0.3 is 5.97 Å². The van der Waals surface area contributed by atoms with Crippen molar-refractivity contribution < 1.29 is 14.7 Å². The molecule has 0 radical (unpaired) electrons. The summed E-state index contributed by atoms with van der Waals surface area (Å²) in [6.45, 7) is 0.204. The van der Waals surface area contributed by atoms with Crippen molar-refractivity contribution in [2.45, 2.75) is 12.8 Å². The van der Waals surface area contributed by atoms with E-state index in [2.05, 4.69) is 5.92 Å². The lowest BCUT2D eigenvalue weighted by molar-refractivity contribution is -0.138. The highest BCUT2D eigenvalue weighted by molar-refractivity contribution is 5.78. The fourth-order valence-electron chi connectivity index (χ4n) is 0.610. The van der Waals surface area contributed by atoms with Crippen LogP contribution in [0.4, 0.5) is 0 Å². The first-order chi connectivity index (χ1) is 5.57. The largest absolute Gasteiger partial charge is 0.481 e. The number of aliphatic carboxylic acids is 1. The standard InChI is InChI=1S/C8H11NO3/c1-3-4-7(10)9(2)6-5-8(11)12/h1H,4-6H2,2H3,(H,11,12). The Hall–Kier alpha value is -1.50. The number of nitrogens with zero attached hydrogens (tertiary/aromatic N) is 1. The topological polar surface area (TPSA) is 57.6 Å². The molecule has 12 heavy (non-hydrogen) atoms. The number of carboxylic acids is 1. The first-order valence-corrected chi connectivity index (χ1v) is 3.47. The molecule has 0 aliphatic carbocycles. The summed E-state index contributed by atoms with van der Waals surface area (Å²) in [4.78, 5) is 22.4. The maximum Gasteiger partial charge on any atom is 0.305 e. The molecule has 0 aromatic heterocycles. The lowest BCUT2D eigenvalue weighted by Gasteiger charge is -2.13. The van der Waals surface area contributed by atoms with Gasteiger partial charge in [-0.25, -0.2) is 0 Å². The molecule has 0 aromatic rings. The molecule has 0 atom stereocenters. The van der Waals surface area contributed by atoms with Gasteiger partial charge in [-0.3, -0.25) is 9.59 Å². The van der Waals surface area contributed by atoms with Gasteiger partial charge < -0.3 is 10.0 Å². The van der Waals surface area contributed by atoms with Crippen molar-refractivity contribution >= 4 is 11.9 Å². The van der Waals surface area contributed by atoms with Crippen molar-refractivity contribution in [2.24, 2.45) is 0 Å². The van der Waals surface area contributed by atoms with Crippen LogP contribution >= 0.6 is 0 Å². The molecular formula is C8H11NO3. The molecule has 66 valence electrons. The number of hydrogen-bond donors (Lipinski definition) is 1. The number of amides is 1. The summed E-state index contributed by atoms with van der Waals surface area (Å²) in [6, 6.07) is 0. The van der Waals surface area contributed by atoms with Crippen LogP contribution in [-0.4, -0.2) is 35.5 Å². The second-order valence-corrected chi connectivity index (χ2v) is 2.34. The summed E-state index contributed by atoms with van der Waals surface area (Å²) in [6.07, 6.45) is 4.88. The third-order valence-electron chi connectivity index (χ3n) is 1.34. The van der Waals surface area contributed by atoms with Crippen molar-refractivity contribution in [2.75, 3.05) is 13.6 Å². The fraction of sp³-hybridized carbons (Fsp3) is 0.500. The third-order valence-corrected chi connectivity index (χ3v) is 1.34. The Morgan fingerprint density at radius 1 is 1.58 bits per heavy atom. The smallest absolute Gasteiger partial charge is 0.305 e. The van der Waals surface area contributed by atoms with E-state index in [0.717, 1.165) is 0 Å². The summed E-state index contributed by atoms with van der Waals surface area (Å²) in [5, 5.41) is 8.30. The van der Waals surface area contributed by atoms with Crippen molar-refractivity contribution in [3.8, 4) is 12.3 Å². The fourth-order valence-corrected chi connectivity index (χ4v) is 0.610. The number of carboxylic acid groups (broad SMARTS) is 1. The van der Waals surface area contributed by atoms with Crippen molar-refractivity contribution in [1.82, 2.24) is 4.90 Å². The van der Waals surface area contributed by atoms with Gasteiger partial charge in [-0.2, -0.15) is 0 Å². The number of carbonyl (C=O) groups is 2. The highest BCUT2D eigenvalue weighted by Gasteiger charge is 2.07. The van der Waals surface area contributed by atoms with Crippen LogP contribution in [-0.2, 0) is 9.59 Å². The zero-order chi connectivity index (χ0) is 9.56. The van der Waals surface area contributed by atoms with E-state index in [1.54, 1.807) is 0 Å². The van der Waals surface area contributed by atoms with Gasteiger partial charge in [-0.05, 0) is 0 Å². The van der Waals surface area contributed by atoms with Crippen LogP contribution in [0.1, 0.15) is 12.8 Å². The number of terminal acetylenes is 1. The van der Waals surface area contributed by atoms with E-state index in [1.807, 2.05) is 0 Å². The van der Waals surface area contributed by atoms with Crippen LogP contribution in [0.25, 0.3) is 0 Å². The summed E-state index contributed by atoms with van der Waals surface area (Å²) in [7, 11) is 1.53. The van der Waals surface area contributed by atoms with Crippen LogP contribution < -0.4 is 0 Å². The van der Waals surface area contributed by atoms with E-state index in [4.69, 9.17) is 11.5 Å². The molecule has 0 aromatic carbocycles. The van der Waals surface area contributed by atoms with Gasteiger partial charge in [-0.1, -0.05) is 5.92 Å². The molecule has 0 unspecified atom stereocenters. The Bertz CT molecular complexity index is 217. The molecule has 0 saturated carbocycles. The first kappa shape index (κ1) is 10.5. The molecule has 0 heterocycles. The van der Waals surface area contributed by atoms with E-state index < -0.39 is 5.97 Å². The Balaban J connectivity index is 3.73. The van der Waals surface area contributed by atoms with Crippen molar-refractivity contribution in [3.05, 3.63) is 0 Å². The zero-order valence-electron chi connectivity index (χ0n) is 6.91. The van der Waals surface area contributed by atoms with Crippen LogP contribution in [0, 0.1) is 12.3 Å². The lowest BCUT2D eigenvalue weighted by atomic mass is 10.3. The van der Waals surface area contributed by atoms with E-state index in [-0.39, 0.29) is 25.3 Å². The van der Waals surface area contributed by atoms with Gasteiger partial charge in [-0.15, -0.1) is 6.42 Å². The van der Waals surface area contributed by atoms with Crippen LogP contribution in [0.3, 0.4) is 0 Å². The van der Waals surface area contributed by atoms with Crippen LogP contribution in [0.2, 0.25) is 0 Å². The predicted octanol–water partition coefficient (Wildman–Crippen LogP) is -0.0572. The summed E-state index contributed by atoms with van der Waals surface area (Å²) in [5.41, 5.74) is 0. The monoisotopic (exact) mass is 169 g/mol. The Labute approximate surface area is 71.2 Å². The van der Waals surface area contributed by atoms with Gasteiger partial charge in [0.2, 0.25) is 5.91 Å². The highest BCUT2D eigenvalue weighted by atomic mass is 16.4. The predicted molar refractivity (Wildman–Crippen MR) is 43.3 cm³/mol. The van der Waals surface area contributed by atoms with Crippen molar-refractivity contribution in [3.63, 3.8) is 0 Å². The van der Waals surface area contributed by atoms with Gasteiger partial charge in [0.05, 0.1) is 12.8 Å². The molecule has 0 aliphatic heterocycles. The molecule has 0 spiro atoms. The highest BCUT2D eigenvalue weighted by Crippen LogP contribution is 1.91. The molecule has 0 aliphatic rings. The van der Waals surface area contributed by atoms with E-state index in [0.29, 0.717) is 0 Å². The number of hydrogen-bond acceptors (Lipinski definition) is 2. The normalized spacial score (nSPS) is 8.67. The Kier molecular flexibility index (Phi) is 4.54. The van der Waals surface area contributed by atoms with Gasteiger partial charge in [0.15, 0.2) is 0 Å². The van der Waals surface area contributed by atoms with Crippen molar-refractivity contribution in [1.29, 1.82) is 0 Å². The molecule has 4 heteroatoms. The molecular weight excluding hydrogens is 158 g/mol. The quantitative estimate of drug-likeness (QED) is 0.600. The Morgan fingerprint density at radius 2 is 2.17 bits per heavy atom. The first-order valence-electron chi connectivity index (χ1n) is 3.47. The molecule has 0 rings (SSSR count). The van der Waals surface area contributed by atoms with E-state index in [9.17, 15) is 9.59 Å². The van der Waals surface area contributed by atoms with E-state index in [1.165, 1.54) is 11.9 Å². The average Bonchev–Trinajstić information content (AvgIpc) is 2.00. The molecule has 4 nitrogen and oxygen atoms in total. The second kappa shape index (κ2) is 5.19. The average molecular weight is 169 g/mol. The molecule has 1 N–H and O–H groups in total. The molecule has 0 fully saturated rings. The molecule has 1 amide bonds. The number of carbonyl (C=O) groups excluding carboxylic acids is 1. The maximum atomic E-state index is 10.9. The van der Waals surface area contributed by atoms with Gasteiger partial charge in [0.1, 0.15) is 0 Å². The summed E-state index contributed by atoms with van der Waals surface area (Å²) < 4.78 is 0. The summed E-state index contributed by atoms with van der Waals surface area (Å²) in [5.74, 6) is 1.05. The lowest BCUT2D eigenvalue weighted by Crippen LogP contribution is -2.28. The second-order valence-electron chi connectivity index (χ2n) is 2.34. The third kappa shape index (κ3) is 4.34. The summed E-state index contributed by atoms with van der Waals surface area (Å²) >= 11 is 0. The SMILES string of the molecule is C#CCC(=O)N(C)CCC(=O)O. The number of rotatable bonds is 4. The van der Waals surface area contributed by atoms with Crippen LogP contribution in [0.15, 0.2) is 0 Å². The minimum atomic E-state index is -0.921. The Morgan fingerprint density at radius 3 is 2.58 bits per heavy atom. The van der Waals surface area contributed by atoms with Gasteiger partial charge in [0.25, 0.3) is 0 Å². The van der Waals surface area contributed by atoms with Gasteiger partial charge in [0, 0.05) is 13.6 Å². The van der Waals surface area contributed by atoms with E-state index >= 15 is 0 Å². The maximum absolute atomic E-state index is 10.9.